The first-order chi connectivity index (χ1) is 41.8. The minimum atomic E-state index is -3.36. The van der Waals surface area contributed by atoms with E-state index in [0.29, 0.717) is 16.2 Å². The zero-order valence-electron chi connectivity index (χ0n) is 62.4. The molecule has 0 saturated heterocycles. The van der Waals surface area contributed by atoms with Crippen LogP contribution in [0.2, 0.25) is 0 Å². The van der Waals surface area contributed by atoms with Gasteiger partial charge in [0.15, 0.2) is 0 Å². The molecular weight excluding hydrogens is 683 g/mol. The second kappa shape index (κ2) is 12.7. The Morgan fingerprint density at radius 2 is 0.964 bits per heavy atom. The molecule has 11 rings (SSSR count). The molecule has 0 fully saturated rings. The summed E-state index contributed by atoms with van der Waals surface area (Å²) >= 11 is 0.466. The van der Waals surface area contributed by atoms with Gasteiger partial charge >= 0.3 is 0 Å². The summed E-state index contributed by atoms with van der Waals surface area (Å²) in [7, 11) is 0. The molecule has 0 amide bonds. The highest BCUT2D eigenvalue weighted by Crippen LogP contribution is 2.58. The van der Waals surface area contributed by atoms with E-state index >= 15 is 0 Å². The molecule has 0 aliphatic heterocycles. The van der Waals surface area contributed by atoms with E-state index in [1.54, 1.807) is 0 Å². The third kappa shape index (κ3) is 4.78. The second-order valence-corrected chi connectivity index (χ2v) is 12.8. The summed E-state index contributed by atoms with van der Waals surface area (Å²) in [6.45, 7) is 0. The van der Waals surface area contributed by atoms with Crippen molar-refractivity contribution in [1.29, 1.82) is 0 Å². The predicted molar refractivity (Wildman–Crippen MR) is 234 cm³/mol. The summed E-state index contributed by atoms with van der Waals surface area (Å²) in [4.78, 5) is 0.466. The summed E-state index contributed by atoms with van der Waals surface area (Å²) in [6.07, 6.45) is 0. The summed E-state index contributed by atoms with van der Waals surface area (Å²) in [5.74, 6) is 0. The van der Waals surface area contributed by atoms with Gasteiger partial charge in [0.05, 0.1) is 63.8 Å². The molecule has 9 aromatic carbocycles. The molecule has 0 unspecified atom stereocenters. The molecule has 1 aromatic heterocycles. The molecule has 1 aliphatic carbocycles. The van der Waals surface area contributed by atoms with Gasteiger partial charge in [-0.15, -0.1) is 11.3 Å². The molecule has 0 saturated carbocycles. The van der Waals surface area contributed by atoms with Crippen LogP contribution in [0.4, 0.5) is 17.1 Å². The topological polar surface area (TPSA) is 3.24 Å². The molecule has 1 aliphatic rings. The largest absolute Gasteiger partial charge is 0.309 e. The lowest BCUT2D eigenvalue weighted by atomic mass is 9.67. The van der Waals surface area contributed by atoms with Crippen LogP contribution in [0.25, 0.3) is 53.2 Å². The van der Waals surface area contributed by atoms with E-state index in [4.69, 9.17) is 21.9 Å². The Balaban J connectivity index is 1.38. The van der Waals surface area contributed by atoms with Crippen molar-refractivity contribution in [3.05, 3.63) is 234 Å². The highest BCUT2D eigenvalue weighted by atomic mass is 32.1. The number of anilines is 3. The van der Waals surface area contributed by atoms with Gasteiger partial charge in [-0.2, -0.15) is 0 Å². The standard InChI is InChI=1S/C53H35NS/c1-4-17-38(18-5-1)53(39-19-6-2-7-20-39)47-27-13-12-24-46(47)50-42(25-14-28-48(50)53)37-30-33-41(34-31-37)54(40-21-8-3-9-22-40)49-29-15-26-44-45-35-32-36-16-10-11-23-43(36)51(45)55-52(44)49/h1-35H/i1D,2D,3D,4D,5D,6D,7D,8D,9D,10D,11D,12D,13D,14D,15D,16D,17D,18D,19D,20D,21D,22D,23D,24D,25D,26D,27D,28D,29D,30D,31D,32D,33D,34D,35D. The Labute approximate surface area is 374 Å². The first kappa shape index (κ1) is 12.4. The Hall–Kier alpha value is -6.74. The van der Waals surface area contributed by atoms with Crippen molar-refractivity contribution in [2.45, 2.75) is 5.41 Å². The number of benzene rings is 9. The SMILES string of the molecule is [2H]c1c([2H])c([2H])c(N(c2c([2H])c([2H])c(-c3c([2H])c([2H])c([2H])c4c3-c3c([2H])c([2H])c([2H])c([2H])c3C4(c3c([2H])c([2H])c([2H])c([2H])c3[2H])c3c([2H])c([2H])c([2H])c([2H])c3[2H])c([2H])c2[2H])c2c([2H])c([2H])c([2H])c3c2sc2c4c([2H])c([2H])c([2H])c([2H])c4c([2H])c([2H])c23)c([2H])c1[2H]. The lowest BCUT2D eigenvalue weighted by molar-refractivity contribution is 0.768. The number of hydrogen-bond donors (Lipinski definition) is 0. The molecular formula is C53H35NS. The number of hydrogen-bond acceptors (Lipinski definition) is 2. The van der Waals surface area contributed by atoms with E-state index in [2.05, 4.69) is 0 Å². The van der Waals surface area contributed by atoms with E-state index in [1.807, 2.05) is 0 Å². The zero-order chi connectivity index (χ0) is 66.8. The summed E-state index contributed by atoms with van der Waals surface area (Å²) in [5, 5.41) is -1.76. The van der Waals surface area contributed by atoms with Crippen molar-refractivity contribution < 1.29 is 48.0 Å². The molecule has 0 N–H and O–H groups in total. The maximum absolute atomic E-state index is 9.98. The third-order valence-electron chi connectivity index (χ3n) is 9.05. The fourth-order valence-electron chi connectivity index (χ4n) is 6.85. The van der Waals surface area contributed by atoms with Gasteiger partial charge in [-0.1, -0.05) is 181 Å². The highest BCUT2D eigenvalue weighted by molar-refractivity contribution is 7.27. The van der Waals surface area contributed by atoms with Gasteiger partial charge in [-0.05, 0) is 85.5 Å². The molecule has 0 radical (unpaired) electrons. The number of para-hydroxylation sites is 1. The van der Waals surface area contributed by atoms with Crippen molar-refractivity contribution in [1.82, 2.24) is 0 Å². The van der Waals surface area contributed by atoms with Gasteiger partial charge in [-0.3, -0.25) is 0 Å². The van der Waals surface area contributed by atoms with Crippen LogP contribution < -0.4 is 4.90 Å². The lowest BCUT2D eigenvalue weighted by Gasteiger charge is -2.34. The van der Waals surface area contributed by atoms with E-state index in [0.717, 1.165) is 0 Å². The fraction of sp³-hybridized carbons (Fsp3) is 0.0189. The molecule has 1 nitrogen and oxygen atoms in total. The van der Waals surface area contributed by atoms with Gasteiger partial charge in [0.2, 0.25) is 0 Å². The van der Waals surface area contributed by atoms with Crippen molar-refractivity contribution in [2.75, 3.05) is 4.90 Å². The van der Waals surface area contributed by atoms with Crippen LogP contribution in [0, 0.1) is 0 Å². The van der Waals surface area contributed by atoms with Crippen LogP contribution in [0.5, 0.6) is 0 Å². The van der Waals surface area contributed by atoms with E-state index in [1.165, 1.54) is 0 Å². The number of rotatable bonds is 6. The summed E-state index contributed by atoms with van der Waals surface area (Å²) in [6, 6.07) is -38.8. The quantitative estimate of drug-likeness (QED) is 0.163. The molecule has 0 atom stereocenters. The van der Waals surface area contributed by atoms with Crippen molar-refractivity contribution in [2.24, 2.45) is 0 Å². The first-order valence-corrected chi connectivity index (χ1v) is 16.9. The van der Waals surface area contributed by atoms with Crippen LogP contribution in [-0.4, -0.2) is 0 Å². The smallest absolute Gasteiger partial charge is 0.0713 e. The zero-order valence-corrected chi connectivity index (χ0v) is 28.2. The minimum absolute atomic E-state index is 0.258. The van der Waals surface area contributed by atoms with Crippen molar-refractivity contribution >= 4 is 59.3 Å². The van der Waals surface area contributed by atoms with Crippen LogP contribution in [0.15, 0.2) is 211 Å². The number of nitrogens with zero attached hydrogens (tertiary/aromatic N) is 1. The van der Waals surface area contributed by atoms with E-state index in [-0.39, 0.29) is 10.1 Å². The molecule has 2 heteroatoms. The van der Waals surface area contributed by atoms with Gasteiger partial charge in [-0.25, -0.2) is 0 Å². The maximum atomic E-state index is 9.98. The molecule has 1 heterocycles. The number of fused-ring (bicyclic) bond motifs is 8. The Morgan fingerprint density at radius 1 is 0.400 bits per heavy atom. The maximum Gasteiger partial charge on any atom is 0.0713 e. The van der Waals surface area contributed by atoms with Crippen molar-refractivity contribution in [3.63, 3.8) is 0 Å². The molecule has 258 valence electrons. The molecule has 0 spiro atoms. The minimum Gasteiger partial charge on any atom is -0.309 e. The summed E-state index contributed by atoms with van der Waals surface area (Å²) in [5.41, 5.74) is -14.7. The van der Waals surface area contributed by atoms with Crippen LogP contribution in [0.3, 0.4) is 0 Å². The van der Waals surface area contributed by atoms with Gasteiger partial charge < -0.3 is 4.90 Å². The van der Waals surface area contributed by atoms with Crippen LogP contribution in [0.1, 0.15) is 70.2 Å². The highest BCUT2D eigenvalue weighted by Gasteiger charge is 2.46. The van der Waals surface area contributed by atoms with Crippen LogP contribution >= 0.6 is 11.3 Å². The number of thiophene rings is 1. The Bertz CT molecular complexity index is 4900. The van der Waals surface area contributed by atoms with Gasteiger partial charge in [0.1, 0.15) is 0 Å². The summed E-state index contributed by atoms with van der Waals surface area (Å²) < 4.78 is 321. The molecule has 10 aromatic rings. The lowest BCUT2D eigenvalue weighted by Crippen LogP contribution is -2.28. The predicted octanol–water partition coefficient (Wildman–Crippen LogP) is 14.7. The first-order valence-electron chi connectivity index (χ1n) is 33.6. The average Bonchev–Trinajstić information content (AvgIpc) is 1.47. The third-order valence-corrected chi connectivity index (χ3v) is 10.3. The Morgan fingerprint density at radius 3 is 1.73 bits per heavy atom. The second-order valence-electron chi connectivity index (χ2n) is 11.8. The average molecular weight is 753 g/mol. The van der Waals surface area contributed by atoms with E-state index < -0.39 is 299 Å². The van der Waals surface area contributed by atoms with Gasteiger partial charge in [0, 0.05) is 26.8 Å². The fourth-order valence-corrected chi connectivity index (χ4v) is 8.05. The molecule has 55 heavy (non-hydrogen) atoms. The monoisotopic (exact) mass is 752 g/mol. The normalized spacial score (nSPS) is 21.8. The van der Waals surface area contributed by atoms with E-state index in [9.17, 15) is 26.0 Å². The van der Waals surface area contributed by atoms with Crippen LogP contribution in [-0.2, 0) is 5.41 Å². The molecule has 0 bridgehead atoms. The van der Waals surface area contributed by atoms with Crippen molar-refractivity contribution in [3.8, 4) is 22.3 Å². The Kier molecular flexibility index (Phi) is 2.86. The van der Waals surface area contributed by atoms with Gasteiger partial charge in [0.25, 0.3) is 0 Å².